The maximum atomic E-state index is 5.80. The van der Waals surface area contributed by atoms with E-state index >= 15 is 0 Å². The molecule has 0 radical (unpaired) electrons. The van der Waals surface area contributed by atoms with Gasteiger partial charge in [0.2, 0.25) is 0 Å². The maximum Gasteiger partial charge on any atom is 0.0478 e. The van der Waals surface area contributed by atoms with Crippen molar-refractivity contribution in [3.63, 3.8) is 0 Å². The van der Waals surface area contributed by atoms with Crippen molar-refractivity contribution in [2.75, 3.05) is 0 Å². The number of rotatable bonds is 3. The van der Waals surface area contributed by atoms with Gasteiger partial charge < -0.3 is 5.73 Å². The summed E-state index contributed by atoms with van der Waals surface area (Å²) < 4.78 is 0. The average Bonchev–Trinajstić information content (AvgIpc) is 2.17. The summed E-state index contributed by atoms with van der Waals surface area (Å²) in [6.07, 6.45) is 2.81. The molecule has 1 nitrogen and oxygen atoms in total. The molecule has 0 aliphatic heterocycles. The zero-order chi connectivity index (χ0) is 8.97. The molecule has 2 N–H and O–H groups in total. The van der Waals surface area contributed by atoms with E-state index in [1.165, 1.54) is 5.56 Å². The van der Waals surface area contributed by atoms with E-state index in [1.807, 2.05) is 12.1 Å². The van der Waals surface area contributed by atoms with Crippen LogP contribution in [0.3, 0.4) is 0 Å². The van der Waals surface area contributed by atoms with Gasteiger partial charge in [-0.15, -0.1) is 6.58 Å². The third-order valence-electron chi connectivity index (χ3n) is 2.00. The maximum absolute atomic E-state index is 5.80. The Balaban J connectivity index is 2.93. The number of nitrogens with two attached hydrogens (primary N) is 1. The van der Waals surface area contributed by atoms with E-state index in [1.54, 1.807) is 6.08 Å². The van der Waals surface area contributed by atoms with Crippen LogP contribution in [0.15, 0.2) is 36.9 Å². The van der Waals surface area contributed by atoms with E-state index in [0.717, 1.165) is 12.0 Å². The molecule has 0 aliphatic rings. The minimum atomic E-state index is -0.0310. The van der Waals surface area contributed by atoms with Crippen LogP contribution in [0, 0.1) is 0 Å². The molecule has 1 aromatic rings. The summed E-state index contributed by atoms with van der Waals surface area (Å²) in [5.74, 6) is 0. The molecule has 1 heteroatoms. The van der Waals surface area contributed by atoms with Gasteiger partial charge in [-0.05, 0) is 17.5 Å². The average molecular weight is 161 g/mol. The summed E-state index contributed by atoms with van der Waals surface area (Å²) >= 11 is 0. The summed E-state index contributed by atoms with van der Waals surface area (Å²) in [6, 6.07) is 8.28. The lowest BCUT2D eigenvalue weighted by molar-refractivity contribution is 0.908. The van der Waals surface area contributed by atoms with Gasteiger partial charge in [-0.1, -0.05) is 37.3 Å². The molecule has 0 saturated carbocycles. The molecule has 0 amide bonds. The number of benzene rings is 1. The number of aryl methyl sites for hydroxylation is 1. The van der Waals surface area contributed by atoms with E-state index in [4.69, 9.17) is 5.73 Å². The van der Waals surface area contributed by atoms with Gasteiger partial charge in [0.15, 0.2) is 0 Å². The van der Waals surface area contributed by atoms with Gasteiger partial charge >= 0.3 is 0 Å². The Morgan fingerprint density at radius 1 is 1.58 bits per heavy atom. The Bertz CT molecular complexity index is 265. The summed E-state index contributed by atoms with van der Waals surface area (Å²) in [4.78, 5) is 0. The molecule has 0 bridgehead atoms. The van der Waals surface area contributed by atoms with Crippen molar-refractivity contribution in [3.05, 3.63) is 48.0 Å². The first kappa shape index (κ1) is 9.01. The summed E-state index contributed by atoms with van der Waals surface area (Å²) in [5.41, 5.74) is 8.27. The molecular formula is C11H15N. The van der Waals surface area contributed by atoms with Crippen molar-refractivity contribution in [3.8, 4) is 0 Å². The van der Waals surface area contributed by atoms with Crippen LogP contribution >= 0.6 is 0 Å². The number of hydrogen-bond acceptors (Lipinski definition) is 1. The van der Waals surface area contributed by atoms with Crippen LogP contribution in [0.5, 0.6) is 0 Å². The fourth-order valence-corrected chi connectivity index (χ4v) is 1.16. The third kappa shape index (κ3) is 1.95. The molecule has 1 rings (SSSR count). The molecule has 0 aromatic heterocycles. The summed E-state index contributed by atoms with van der Waals surface area (Å²) in [7, 11) is 0. The standard InChI is InChI=1S/C11H15N/c1-3-9-6-5-7-10(8-9)11(12)4-2/h4-8,11H,2-3,12H2,1H3/t11-/m0/s1. The van der Waals surface area contributed by atoms with E-state index in [0.29, 0.717) is 0 Å². The Kier molecular flexibility index (Phi) is 3.06. The second-order valence-electron chi connectivity index (χ2n) is 2.86. The second kappa shape index (κ2) is 4.07. The van der Waals surface area contributed by atoms with Crippen molar-refractivity contribution >= 4 is 0 Å². The molecule has 0 aliphatic carbocycles. The van der Waals surface area contributed by atoms with Crippen molar-refractivity contribution in [1.82, 2.24) is 0 Å². The minimum absolute atomic E-state index is 0.0310. The van der Waals surface area contributed by atoms with Crippen molar-refractivity contribution in [1.29, 1.82) is 0 Å². The molecule has 0 spiro atoms. The first-order valence-electron chi connectivity index (χ1n) is 4.25. The lowest BCUT2D eigenvalue weighted by Gasteiger charge is -2.07. The van der Waals surface area contributed by atoms with Gasteiger partial charge in [0.1, 0.15) is 0 Å². The van der Waals surface area contributed by atoms with E-state index < -0.39 is 0 Å². The first-order valence-corrected chi connectivity index (χ1v) is 4.25. The Hall–Kier alpha value is -1.08. The number of hydrogen-bond donors (Lipinski definition) is 1. The SMILES string of the molecule is C=C[C@H](N)c1cccc(CC)c1. The van der Waals surface area contributed by atoms with Gasteiger partial charge in [0.25, 0.3) is 0 Å². The Morgan fingerprint density at radius 2 is 2.33 bits per heavy atom. The third-order valence-corrected chi connectivity index (χ3v) is 2.00. The van der Waals surface area contributed by atoms with Gasteiger partial charge in [-0.25, -0.2) is 0 Å². The summed E-state index contributed by atoms with van der Waals surface area (Å²) in [5, 5.41) is 0. The molecule has 0 heterocycles. The zero-order valence-electron chi connectivity index (χ0n) is 7.46. The lowest BCUT2D eigenvalue weighted by Crippen LogP contribution is -2.06. The van der Waals surface area contributed by atoms with Crippen LogP contribution in [0.2, 0.25) is 0 Å². The van der Waals surface area contributed by atoms with E-state index in [9.17, 15) is 0 Å². The summed E-state index contributed by atoms with van der Waals surface area (Å²) in [6.45, 7) is 5.80. The zero-order valence-corrected chi connectivity index (χ0v) is 7.46. The van der Waals surface area contributed by atoms with Crippen molar-refractivity contribution in [2.24, 2.45) is 5.73 Å². The molecule has 1 atom stereocenters. The normalized spacial score (nSPS) is 12.5. The van der Waals surface area contributed by atoms with Crippen LogP contribution in [0.1, 0.15) is 24.1 Å². The molecule has 12 heavy (non-hydrogen) atoms. The first-order chi connectivity index (χ1) is 5.77. The quantitative estimate of drug-likeness (QED) is 0.677. The Labute approximate surface area is 73.9 Å². The minimum Gasteiger partial charge on any atom is -0.321 e. The topological polar surface area (TPSA) is 26.0 Å². The molecule has 0 fully saturated rings. The predicted octanol–water partition coefficient (Wildman–Crippen LogP) is 2.43. The highest BCUT2D eigenvalue weighted by Gasteiger charge is 2.00. The van der Waals surface area contributed by atoms with Gasteiger partial charge in [-0.2, -0.15) is 0 Å². The largest absolute Gasteiger partial charge is 0.321 e. The highest BCUT2D eigenvalue weighted by Crippen LogP contribution is 2.13. The monoisotopic (exact) mass is 161 g/mol. The van der Waals surface area contributed by atoms with Gasteiger partial charge in [-0.3, -0.25) is 0 Å². The van der Waals surface area contributed by atoms with E-state index in [-0.39, 0.29) is 6.04 Å². The van der Waals surface area contributed by atoms with Crippen molar-refractivity contribution in [2.45, 2.75) is 19.4 Å². The van der Waals surface area contributed by atoms with Crippen LogP contribution in [0.25, 0.3) is 0 Å². The Morgan fingerprint density at radius 3 is 2.92 bits per heavy atom. The highest BCUT2D eigenvalue weighted by atomic mass is 14.6. The second-order valence-corrected chi connectivity index (χ2v) is 2.86. The molecule has 0 saturated heterocycles. The fourth-order valence-electron chi connectivity index (χ4n) is 1.16. The smallest absolute Gasteiger partial charge is 0.0478 e. The van der Waals surface area contributed by atoms with Gasteiger partial charge in [0.05, 0.1) is 0 Å². The van der Waals surface area contributed by atoms with Crippen LogP contribution < -0.4 is 5.73 Å². The van der Waals surface area contributed by atoms with Crippen LogP contribution in [-0.4, -0.2) is 0 Å². The molecular weight excluding hydrogens is 146 g/mol. The lowest BCUT2D eigenvalue weighted by atomic mass is 10.0. The molecule has 0 unspecified atom stereocenters. The van der Waals surface area contributed by atoms with E-state index in [2.05, 4.69) is 25.6 Å². The predicted molar refractivity (Wildman–Crippen MR) is 52.9 cm³/mol. The van der Waals surface area contributed by atoms with Crippen LogP contribution in [0.4, 0.5) is 0 Å². The van der Waals surface area contributed by atoms with Gasteiger partial charge in [0, 0.05) is 6.04 Å². The highest BCUT2D eigenvalue weighted by molar-refractivity contribution is 5.27. The molecule has 1 aromatic carbocycles. The van der Waals surface area contributed by atoms with Crippen LogP contribution in [-0.2, 0) is 6.42 Å². The fraction of sp³-hybridized carbons (Fsp3) is 0.273. The molecule has 64 valence electrons. The van der Waals surface area contributed by atoms with Crippen molar-refractivity contribution < 1.29 is 0 Å².